The van der Waals surface area contributed by atoms with E-state index >= 15 is 0 Å². The highest BCUT2D eigenvalue weighted by Crippen LogP contribution is 2.25. The largest absolute Gasteiger partial charge is 0.392 e. The van der Waals surface area contributed by atoms with Crippen molar-refractivity contribution in [2.24, 2.45) is 0 Å². The summed E-state index contributed by atoms with van der Waals surface area (Å²) in [6.07, 6.45) is 2.64. The minimum atomic E-state index is -0.0568. The van der Waals surface area contributed by atoms with E-state index in [2.05, 4.69) is 34.1 Å². The minimum Gasteiger partial charge on any atom is -0.392 e. The van der Waals surface area contributed by atoms with E-state index in [1.807, 2.05) is 6.07 Å². The first-order valence-electron chi connectivity index (χ1n) is 6.35. The van der Waals surface area contributed by atoms with Crippen LogP contribution in [0.4, 0.5) is 5.82 Å². The Bertz CT molecular complexity index is 600. The van der Waals surface area contributed by atoms with Crippen molar-refractivity contribution in [3.05, 3.63) is 58.2 Å². The van der Waals surface area contributed by atoms with Gasteiger partial charge in [0, 0.05) is 24.8 Å². The van der Waals surface area contributed by atoms with Crippen LogP contribution in [0.25, 0.3) is 0 Å². The van der Waals surface area contributed by atoms with Crippen LogP contribution in [0.2, 0.25) is 5.02 Å². The van der Waals surface area contributed by atoms with E-state index in [1.165, 1.54) is 11.1 Å². The number of anilines is 1. The Morgan fingerprint density at radius 1 is 1.26 bits per heavy atom. The number of pyridine rings is 1. The van der Waals surface area contributed by atoms with Gasteiger partial charge in [0.25, 0.3) is 0 Å². The summed E-state index contributed by atoms with van der Waals surface area (Å²) >= 11 is 5.98. The quantitative estimate of drug-likeness (QED) is 0.915. The number of nitrogens with zero attached hydrogens (tertiary/aromatic N) is 2. The van der Waals surface area contributed by atoms with Crippen LogP contribution in [0.3, 0.4) is 0 Å². The third-order valence-electron chi connectivity index (χ3n) is 3.55. The second kappa shape index (κ2) is 5.19. The van der Waals surface area contributed by atoms with E-state index in [0.29, 0.717) is 5.02 Å². The van der Waals surface area contributed by atoms with Crippen molar-refractivity contribution in [2.45, 2.75) is 19.6 Å². The van der Waals surface area contributed by atoms with Gasteiger partial charge >= 0.3 is 0 Å². The smallest absolute Gasteiger partial charge is 0.129 e. The number of aliphatic hydroxyl groups is 1. The summed E-state index contributed by atoms with van der Waals surface area (Å²) in [7, 11) is 0. The van der Waals surface area contributed by atoms with E-state index in [0.717, 1.165) is 30.9 Å². The van der Waals surface area contributed by atoms with Gasteiger partial charge in [-0.3, -0.25) is 0 Å². The number of hydrogen-bond acceptors (Lipinski definition) is 3. The van der Waals surface area contributed by atoms with Crippen molar-refractivity contribution >= 4 is 17.4 Å². The summed E-state index contributed by atoms with van der Waals surface area (Å²) in [6, 6.07) is 10.4. The van der Waals surface area contributed by atoms with Crippen molar-refractivity contribution in [3.63, 3.8) is 0 Å². The molecule has 0 saturated carbocycles. The molecular weight excluding hydrogens is 260 g/mol. The van der Waals surface area contributed by atoms with Gasteiger partial charge in [-0.05, 0) is 23.6 Å². The predicted molar refractivity (Wildman–Crippen MR) is 76.4 cm³/mol. The van der Waals surface area contributed by atoms with Gasteiger partial charge in [0.2, 0.25) is 0 Å². The summed E-state index contributed by atoms with van der Waals surface area (Å²) in [4.78, 5) is 6.59. The van der Waals surface area contributed by atoms with Crippen LogP contribution in [0.15, 0.2) is 36.5 Å². The standard InChI is InChI=1S/C15H15ClN2O/c16-14-8-17-15(7-13(14)10-19)18-6-5-11-3-1-2-4-12(11)9-18/h1-4,7-8,19H,5-6,9-10H2. The first-order valence-corrected chi connectivity index (χ1v) is 6.73. The maximum atomic E-state index is 9.27. The lowest BCUT2D eigenvalue weighted by molar-refractivity contribution is 0.282. The first kappa shape index (κ1) is 12.5. The van der Waals surface area contributed by atoms with Gasteiger partial charge in [0.05, 0.1) is 11.6 Å². The van der Waals surface area contributed by atoms with Gasteiger partial charge in [-0.2, -0.15) is 0 Å². The minimum absolute atomic E-state index is 0.0568. The van der Waals surface area contributed by atoms with Crippen LogP contribution >= 0.6 is 11.6 Å². The van der Waals surface area contributed by atoms with Gasteiger partial charge in [0.1, 0.15) is 5.82 Å². The Morgan fingerprint density at radius 2 is 2.05 bits per heavy atom. The van der Waals surface area contributed by atoms with Crippen molar-refractivity contribution in [1.29, 1.82) is 0 Å². The molecular formula is C15H15ClN2O. The molecule has 0 spiro atoms. The van der Waals surface area contributed by atoms with E-state index < -0.39 is 0 Å². The molecule has 3 nitrogen and oxygen atoms in total. The highest BCUT2D eigenvalue weighted by Gasteiger charge is 2.17. The van der Waals surface area contributed by atoms with Crippen molar-refractivity contribution in [2.75, 3.05) is 11.4 Å². The summed E-state index contributed by atoms with van der Waals surface area (Å²) in [5.74, 6) is 0.878. The zero-order valence-electron chi connectivity index (χ0n) is 10.5. The summed E-state index contributed by atoms with van der Waals surface area (Å²) in [5, 5.41) is 9.79. The Balaban J connectivity index is 1.89. The molecule has 1 aromatic heterocycles. The van der Waals surface area contributed by atoms with E-state index in [-0.39, 0.29) is 6.61 Å². The molecule has 1 N–H and O–H groups in total. The molecule has 0 amide bonds. The van der Waals surface area contributed by atoms with Crippen LogP contribution in [0.1, 0.15) is 16.7 Å². The molecule has 2 aromatic rings. The van der Waals surface area contributed by atoms with E-state index in [4.69, 9.17) is 11.6 Å². The second-order valence-corrected chi connectivity index (χ2v) is 5.14. The van der Waals surface area contributed by atoms with Crippen molar-refractivity contribution in [1.82, 2.24) is 4.98 Å². The molecule has 0 fully saturated rings. The van der Waals surface area contributed by atoms with Crippen LogP contribution in [0.5, 0.6) is 0 Å². The molecule has 1 aromatic carbocycles. The van der Waals surface area contributed by atoms with Crippen molar-refractivity contribution in [3.8, 4) is 0 Å². The fourth-order valence-electron chi connectivity index (χ4n) is 2.45. The summed E-state index contributed by atoms with van der Waals surface area (Å²) in [6.45, 7) is 1.74. The predicted octanol–water partition coefficient (Wildman–Crippen LogP) is 2.79. The van der Waals surface area contributed by atoms with Crippen LogP contribution < -0.4 is 4.90 Å². The lowest BCUT2D eigenvalue weighted by Crippen LogP contribution is -2.31. The first-order chi connectivity index (χ1) is 9.28. The number of aliphatic hydroxyl groups excluding tert-OH is 1. The van der Waals surface area contributed by atoms with Crippen LogP contribution in [-0.2, 0) is 19.6 Å². The highest BCUT2D eigenvalue weighted by atomic mass is 35.5. The molecule has 0 unspecified atom stereocenters. The Morgan fingerprint density at radius 3 is 2.84 bits per heavy atom. The molecule has 0 bridgehead atoms. The average molecular weight is 275 g/mol. The Hall–Kier alpha value is -1.58. The normalized spacial score (nSPS) is 14.3. The SMILES string of the molecule is OCc1cc(N2CCc3ccccc3C2)ncc1Cl. The second-order valence-electron chi connectivity index (χ2n) is 4.73. The zero-order chi connectivity index (χ0) is 13.2. The van der Waals surface area contributed by atoms with Crippen LogP contribution in [-0.4, -0.2) is 16.6 Å². The van der Waals surface area contributed by atoms with Gasteiger partial charge in [0.15, 0.2) is 0 Å². The molecule has 0 radical (unpaired) electrons. The Labute approximate surface area is 117 Å². The fourth-order valence-corrected chi connectivity index (χ4v) is 2.62. The maximum Gasteiger partial charge on any atom is 0.129 e. The van der Waals surface area contributed by atoms with Gasteiger partial charge in [-0.15, -0.1) is 0 Å². The van der Waals surface area contributed by atoms with Crippen LogP contribution in [0, 0.1) is 0 Å². The van der Waals surface area contributed by atoms with E-state index in [9.17, 15) is 5.11 Å². The molecule has 0 aliphatic carbocycles. The maximum absolute atomic E-state index is 9.27. The summed E-state index contributed by atoms with van der Waals surface area (Å²) < 4.78 is 0. The molecule has 0 atom stereocenters. The van der Waals surface area contributed by atoms with E-state index in [1.54, 1.807) is 6.20 Å². The molecule has 3 rings (SSSR count). The molecule has 1 aliphatic rings. The summed E-state index contributed by atoms with van der Waals surface area (Å²) in [5.41, 5.74) is 3.48. The van der Waals surface area contributed by atoms with Gasteiger partial charge in [-0.25, -0.2) is 4.98 Å². The number of halogens is 1. The molecule has 19 heavy (non-hydrogen) atoms. The van der Waals surface area contributed by atoms with Gasteiger partial charge in [-0.1, -0.05) is 35.9 Å². The molecule has 98 valence electrons. The fraction of sp³-hybridized carbons (Fsp3) is 0.267. The molecule has 1 aliphatic heterocycles. The number of rotatable bonds is 2. The topological polar surface area (TPSA) is 36.4 Å². The average Bonchev–Trinajstić information content (AvgIpc) is 2.47. The third-order valence-corrected chi connectivity index (χ3v) is 3.89. The highest BCUT2D eigenvalue weighted by molar-refractivity contribution is 6.31. The lowest BCUT2D eigenvalue weighted by Gasteiger charge is -2.30. The molecule has 0 saturated heterocycles. The molecule has 4 heteroatoms. The number of benzene rings is 1. The monoisotopic (exact) mass is 274 g/mol. The molecule has 2 heterocycles. The lowest BCUT2D eigenvalue weighted by atomic mass is 10.00. The third kappa shape index (κ3) is 2.44. The number of hydrogen-bond donors (Lipinski definition) is 1. The Kier molecular flexibility index (Phi) is 3.40. The number of aromatic nitrogens is 1. The number of fused-ring (bicyclic) bond motifs is 1. The zero-order valence-corrected chi connectivity index (χ0v) is 11.3. The van der Waals surface area contributed by atoms with Gasteiger partial charge < -0.3 is 10.0 Å². The van der Waals surface area contributed by atoms with Crippen molar-refractivity contribution < 1.29 is 5.11 Å².